The lowest BCUT2D eigenvalue weighted by Crippen LogP contribution is -2.48. The van der Waals surface area contributed by atoms with Crippen LogP contribution in [0, 0.1) is 0 Å². The van der Waals surface area contributed by atoms with Crippen LogP contribution in [0.3, 0.4) is 0 Å². The summed E-state index contributed by atoms with van der Waals surface area (Å²) < 4.78 is 16.1. The van der Waals surface area contributed by atoms with Crippen LogP contribution in [0.5, 0.6) is 0 Å². The number of fused-ring (bicyclic) bond motifs is 1. The molecule has 2 heterocycles. The van der Waals surface area contributed by atoms with E-state index in [9.17, 15) is 14.4 Å². The normalized spacial score (nSPS) is 10.6. The van der Waals surface area contributed by atoms with E-state index in [0.29, 0.717) is 23.5 Å². The maximum Gasteiger partial charge on any atom is 0.327 e. The minimum Gasteiger partial charge on any atom is -0.467 e. The van der Waals surface area contributed by atoms with Crippen molar-refractivity contribution < 1.29 is 28.0 Å². The van der Waals surface area contributed by atoms with E-state index in [1.165, 1.54) is 6.26 Å². The first kappa shape index (κ1) is 19.2. The molecule has 0 spiro atoms. The quantitative estimate of drug-likeness (QED) is 0.438. The number of hydrogen-bond acceptors (Lipinski definition) is 6. The van der Waals surface area contributed by atoms with Gasteiger partial charge in [0.05, 0.1) is 19.4 Å². The molecule has 3 amide bonds. The van der Waals surface area contributed by atoms with Gasteiger partial charge in [0, 0.05) is 17.6 Å². The van der Waals surface area contributed by atoms with Crippen molar-refractivity contribution in [1.29, 1.82) is 0 Å². The highest BCUT2D eigenvalue weighted by molar-refractivity contribution is 6.35. The fourth-order valence-electron chi connectivity index (χ4n) is 2.52. The van der Waals surface area contributed by atoms with Crippen LogP contribution in [0.1, 0.15) is 28.8 Å². The minimum absolute atomic E-state index is 0.00550. The molecule has 0 radical (unpaired) electrons. The molecule has 1 aromatic carbocycles. The second kappa shape index (κ2) is 8.87. The van der Waals surface area contributed by atoms with Crippen molar-refractivity contribution in [3.05, 3.63) is 59.7 Å². The van der Waals surface area contributed by atoms with E-state index >= 15 is 0 Å². The molecule has 3 rings (SSSR count). The lowest BCUT2D eigenvalue weighted by molar-refractivity contribution is -0.139. The number of amides is 3. The molecule has 0 aliphatic heterocycles. The molecule has 146 valence electrons. The monoisotopic (exact) mass is 385 g/mol. The Bertz CT molecular complexity index is 977. The van der Waals surface area contributed by atoms with Crippen LogP contribution in [-0.2, 0) is 27.5 Å². The third-order valence-electron chi connectivity index (χ3n) is 3.85. The molecule has 0 bridgehead atoms. The number of benzene rings is 1. The molecule has 0 aliphatic carbocycles. The van der Waals surface area contributed by atoms with E-state index < -0.39 is 17.7 Å². The van der Waals surface area contributed by atoms with Gasteiger partial charge in [-0.1, -0.05) is 18.2 Å². The summed E-state index contributed by atoms with van der Waals surface area (Å²) in [6, 6.07) is 10.5. The van der Waals surface area contributed by atoms with Crippen LogP contribution in [0.15, 0.2) is 51.5 Å². The van der Waals surface area contributed by atoms with E-state index in [-0.39, 0.29) is 18.9 Å². The summed E-state index contributed by atoms with van der Waals surface area (Å²) in [6.07, 6.45) is 1.45. The summed E-state index contributed by atoms with van der Waals surface area (Å²) >= 11 is 0. The fourth-order valence-corrected chi connectivity index (χ4v) is 2.52. The molecule has 0 fully saturated rings. The lowest BCUT2D eigenvalue weighted by Gasteiger charge is -2.07. The molecule has 3 aromatic rings. The number of para-hydroxylation sites is 1. The van der Waals surface area contributed by atoms with E-state index in [0.717, 1.165) is 5.39 Å². The Morgan fingerprint density at radius 3 is 2.61 bits per heavy atom. The van der Waals surface area contributed by atoms with Gasteiger partial charge in [0.25, 0.3) is 0 Å². The number of hydrazine groups is 1. The van der Waals surface area contributed by atoms with Gasteiger partial charge in [-0.2, -0.15) is 0 Å². The first-order valence-corrected chi connectivity index (χ1v) is 8.59. The van der Waals surface area contributed by atoms with Crippen LogP contribution in [-0.4, -0.2) is 24.3 Å². The standard InChI is InChI=1S/C19H19N3O6/c1-2-26-11-14-13-7-3-4-8-15(13)28-16(14)17(23)21-22-19(25)18(24)20-10-12-6-5-9-27-12/h3-9H,2,10-11H2,1H3,(H,20,24)(H,21,23)(H,22,25). The van der Waals surface area contributed by atoms with Crippen LogP contribution >= 0.6 is 0 Å². The number of carbonyl (C=O) groups excluding carboxylic acids is 3. The van der Waals surface area contributed by atoms with Gasteiger partial charge < -0.3 is 18.9 Å². The van der Waals surface area contributed by atoms with Crippen molar-refractivity contribution in [2.75, 3.05) is 6.61 Å². The third-order valence-corrected chi connectivity index (χ3v) is 3.85. The molecule has 2 aromatic heterocycles. The first-order valence-electron chi connectivity index (χ1n) is 8.59. The van der Waals surface area contributed by atoms with Crippen molar-refractivity contribution in [3.63, 3.8) is 0 Å². The lowest BCUT2D eigenvalue weighted by atomic mass is 10.1. The average molecular weight is 385 g/mol. The first-order chi connectivity index (χ1) is 13.6. The van der Waals surface area contributed by atoms with Crippen LogP contribution in [0.4, 0.5) is 0 Å². The van der Waals surface area contributed by atoms with Crippen LogP contribution in [0.2, 0.25) is 0 Å². The smallest absolute Gasteiger partial charge is 0.327 e. The van der Waals surface area contributed by atoms with Gasteiger partial charge in [0.1, 0.15) is 11.3 Å². The largest absolute Gasteiger partial charge is 0.467 e. The Balaban J connectivity index is 1.62. The van der Waals surface area contributed by atoms with Gasteiger partial charge in [-0.25, -0.2) is 0 Å². The summed E-state index contributed by atoms with van der Waals surface area (Å²) in [5.41, 5.74) is 5.31. The SMILES string of the molecule is CCOCc1c(C(=O)NNC(=O)C(=O)NCc2ccco2)oc2ccccc12. The van der Waals surface area contributed by atoms with Crippen molar-refractivity contribution in [1.82, 2.24) is 16.2 Å². The second-order valence-electron chi connectivity index (χ2n) is 5.71. The van der Waals surface area contributed by atoms with E-state index in [4.69, 9.17) is 13.6 Å². The molecule has 0 atom stereocenters. The van der Waals surface area contributed by atoms with Crippen LogP contribution in [0.25, 0.3) is 11.0 Å². The molecule has 0 aliphatic rings. The van der Waals surface area contributed by atoms with Gasteiger partial charge in [-0.3, -0.25) is 25.2 Å². The Labute approximate surface area is 160 Å². The van der Waals surface area contributed by atoms with Gasteiger partial charge in [-0.05, 0) is 25.1 Å². The maximum absolute atomic E-state index is 12.4. The summed E-state index contributed by atoms with van der Waals surface area (Å²) in [7, 11) is 0. The summed E-state index contributed by atoms with van der Waals surface area (Å²) in [4.78, 5) is 36.1. The minimum atomic E-state index is -1.03. The highest BCUT2D eigenvalue weighted by atomic mass is 16.5. The second-order valence-corrected chi connectivity index (χ2v) is 5.71. The maximum atomic E-state index is 12.4. The Hall–Kier alpha value is -3.59. The molecule has 28 heavy (non-hydrogen) atoms. The van der Waals surface area contributed by atoms with Gasteiger partial charge >= 0.3 is 17.7 Å². The zero-order valence-electron chi connectivity index (χ0n) is 15.1. The third kappa shape index (κ3) is 4.38. The summed E-state index contributed by atoms with van der Waals surface area (Å²) in [6.45, 7) is 2.53. The highest BCUT2D eigenvalue weighted by Crippen LogP contribution is 2.26. The number of rotatable bonds is 6. The number of hydrogen-bond donors (Lipinski definition) is 3. The van der Waals surface area contributed by atoms with Crippen molar-refractivity contribution in [3.8, 4) is 0 Å². The van der Waals surface area contributed by atoms with Crippen molar-refractivity contribution in [2.24, 2.45) is 0 Å². The molecule has 9 nitrogen and oxygen atoms in total. The number of carbonyl (C=O) groups is 3. The molecule has 0 saturated carbocycles. The molecular formula is C19H19N3O6. The Morgan fingerprint density at radius 2 is 1.86 bits per heavy atom. The molecule has 9 heteroatoms. The summed E-state index contributed by atoms with van der Waals surface area (Å²) in [5, 5.41) is 3.11. The van der Waals surface area contributed by atoms with E-state index in [1.54, 1.807) is 24.3 Å². The molecular weight excluding hydrogens is 366 g/mol. The van der Waals surface area contributed by atoms with Gasteiger partial charge in [0.2, 0.25) is 0 Å². The highest BCUT2D eigenvalue weighted by Gasteiger charge is 2.22. The van der Waals surface area contributed by atoms with Gasteiger partial charge in [-0.15, -0.1) is 0 Å². The zero-order valence-corrected chi connectivity index (χ0v) is 15.1. The topological polar surface area (TPSA) is 123 Å². The Morgan fingerprint density at radius 1 is 1.04 bits per heavy atom. The van der Waals surface area contributed by atoms with E-state index in [1.807, 2.05) is 19.1 Å². The van der Waals surface area contributed by atoms with E-state index in [2.05, 4.69) is 16.2 Å². The number of furan rings is 2. The Kier molecular flexibility index (Phi) is 6.07. The average Bonchev–Trinajstić information content (AvgIpc) is 3.36. The molecule has 0 saturated heterocycles. The summed E-state index contributed by atoms with van der Waals surface area (Å²) in [5.74, 6) is -2.14. The van der Waals surface area contributed by atoms with Crippen LogP contribution < -0.4 is 16.2 Å². The predicted octanol–water partition coefficient (Wildman–Crippen LogP) is 1.64. The molecule has 3 N–H and O–H groups in total. The van der Waals surface area contributed by atoms with Crippen molar-refractivity contribution in [2.45, 2.75) is 20.1 Å². The number of nitrogens with one attached hydrogen (secondary N) is 3. The van der Waals surface area contributed by atoms with Gasteiger partial charge in [0.15, 0.2) is 5.76 Å². The fraction of sp³-hybridized carbons (Fsp3) is 0.211. The van der Waals surface area contributed by atoms with Crippen molar-refractivity contribution >= 4 is 28.7 Å². The zero-order chi connectivity index (χ0) is 19.9. The predicted molar refractivity (Wildman–Crippen MR) is 97.7 cm³/mol. The number of ether oxygens (including phenoxy) is 1. The molecule has 0 unspecified atom stereocenters.